The van der Waals surface area contributed by atoms with E-state index in [1.807, 2.05) is 11.0 Å². The van der Waals surface area contributed by atoms with Crippen LogP contribution in [0.15, 0.2) is 11.0 Å². The van der Waals surface area contributed by atoms with Crippen molar-refractivity contribution in [3.05, 3.63) is 22.3 Å². The van der Waals surface area contributed by atoms with Gasteiger partial charge < -0.3 is 0 Å². The van der Waals surface area contributed by atoms with Gasteiger partial charge in [0, 0.05) is 0 Å². The standard InChI is InChI=1S/C8H4N2O2Se/c9-2-4-3-13-6-1-5(8(11)12)10-7(4)6/h1,3,10H,(H,11,12). The van der Waals surface area contributed by atoms with Gasteiger partial charge in [-0.2, -0.15) is 0 Å². The van der Waals surface area contributed by atoms with Crippen LogP contribution in [0.4, 0.5) is 0 Å². The minimum atomic E-state index is -0.984. The van der Waals surface area contributed by atoms with E-state index >= 15 is 0 Å². The van der Waals surface area contributed by atoms with Crippen LogP contribution in [0.3, 0.4) is 0 Å². The molecule has 0 aliphatic carbocycles. The van der Waals surface area contributed by atoms with Crippen molar-refractivity contribution in [2.75, 3.05) is 0 Å². The van der Waals surface area contributed by atoms with Crippen LogP contribution >= 0.6 is 0 Å². The third-order valence-electron chi connectivity index (χ3n) is 1.71. The maximum atomic E-state index is 10.6. The molecule has 0 spiro atoms. The zero-order valence-corrected chi connectivity index (χ0v) is 8.08. The van der Waals surface area contributed by atoms with Gasteiger partial charge in [0.1, 0.15) is 0 Å². The second kappa shape index (κ2) is 2.77. The van der Waals surface area contributed by atoms with Gasteiger partial charge in [-0.1, -0.05) is 0 Å². The summed E-state index contributed by atoms with van der Waals surface area (Å²) in [5.41, 5.74) is 1.40. The fourth-order valence-corrected chi connectivity index (χ4v) is 2.95. The maximum absolute atomic E-state index is 10.6. The number of carboxylic acid groups (broad SMARTS) is 1. The molecule has 0 aliphatic rings. The number of H-pyrrole nitrogens is 1. The van der Waals surface area contributed by atoms with Gasteiger partial charge in [-0.3, -0.25) is 0 Å². The first-order valence-electron chi connectivity index (χ1n) is 3.46. The summed E-state index contributed by atoms with van der Waals surface area (Å²) < 4.78 is 0.946. The summed E-state index contributed by atoms with van der Waals surface area (Å²) in [6.45, 7) is 0. The van der Waals surface area contributed by atoms with Crippen LogP contribution < -0.4 is 0 Å². The Morgan fingerprint density at radius 2 is 2.46 bits per heavy atom. The SMILES string of the molecule is N#Cc1c[se]c2cc(C(=O)O)[nH]c12. The van der Waals surface area contributed by atoms with Crippen LogP contribution in [0.2, 0.25) is 0 Å². The number of aromatic nitrogens is 1. The van der Waals surface area contributed by atoms with Gasteiger partial charge in [0.25, 0.3) is 0 Å². The summed E-state index contributed by atoms with van der Waals surface area (Å²) in [6, 6.07) is 3.62. The van der Waals surface area contributed by atoms with Gasteiger partial charge in [-0.05, 0) is 0 Å². The number of nitriles is 1. The zero-order chi connectivity index (χ0) is 9.42. The normalized spacial score (nSPS) is 10.1. The third-order valence-corrected chi connectivity index (χ3v) is 3.66. The topological polar surface area (TPSA) is 76.9 Å². The van der Waals surface area contributed by atoms with Crippen LogP contribution in [-0.2, 0) is 0 Å². The second-order valence-electron chi connectivity index (χ2n) is 2.49. The van der Waals surface area contributed by atoms with Crippen LogP contribution in [-0.4, -0.2) is 30.6 Å². The van der Waals surface area contributed by atoms with Crippen LogP contribution in [0.25, 0.3) is 9.78 Å². The summed E-state index contributed by atoms with van der Waals surface area (Å²) in [7, 11) is 0. The van der Waals surface area contributed by atoms with Crippen molar-refractivity contribution >= 4 is 30.2 Å². The third kappa shape index (κ3) is 1.17. The average Bonchev–Trinajstić information content (AvgIpc) is 2.60. The number of nitrogens with one attached hydrogen (secondary N) is 1. The molecule has 2 rings (SSSR count). The van der Waals surface area contributed by atoms with Crippen LogP contribution in [0.5, 0.6) is 0 Å². The Bertz CT molecular complexity index is 518. The van der Waals surface area contributed by atoms with E-state index in [1.165, 1.54) is 0 Å². The molecule has 2 N–H and O–H groups in total. The molecule has 0 fully saturated rings. The van der Waals surface area contributed by atoms with Gasteiger partial charge in [0.15, 0.2) is 0 Å². The number of carbonyl (C=O) groups is 1. The molecule has 2 aromatic heterocycles. The van der Waals surface area contributed by atoms with Gasteiger partial charge in [0.2, 0.25) is 0 Å². The molecule has 0 aliphatic heterocycles. The Morgan fingerprint density at radius 3 is 3.08 bits per heavy atom. The van der Waals surface area contributed by atoms with E-state index in [9.17, 15) is 4.79 Å². The molecular formula is C8H4N2O2Se. The van der Waals surface area contributed by atoms with Gasteiger partial charge in [0.05, 0.1) is 0 Å². The number of aromatic carboxylic acids is 1. The van der Waals surface area contributed by atoms with E-state index in [4.69, 9.17) is 10.4 Å². The molecule has 0 atom stereocenters. The summed E-state index contributed by atoms with van der Waals surface area (Å²) in [5, 5.41) is 17.4. The predicted octanol–water partition coefficient (Wildman–Crippen LogP) is 0.795. The number of fused-ring (bicyclic) bond motifs is 1. The Morgan fingerprint density at radius 1 is 1.69 bits per heavy atom. The van der Waals surface area contributed by atoms with Crippen molar-refractivity contribution in [1.82, 2.24) is 4.98 Å². The van der Waals surface area contributed by atoms with E-state index in [2.05, 4.69) is 4.98 Å². The summed E-state index contributed by atoms with van der Waals surface area (Å²) in [5.74, 6) is -0.984. The Balaban J connectivity index is 2.71. The molecule has 0 saturated carbocycles. The molecule has 0 aromatic carbocycles. The Labute approximate surface area is 79.2 Å². The van der Waals surface area contributed by atoms with Crippen molar-refractivity contribution in [2.24, 2.45) is 0 Å². The van der Waals surface area contributed by atoms with Gasteiger partial charge in [-0.15, -0.1) is 0 Å². The first kappa shape index (κ1) is 8.11. The minimum absolute atomic E-state index is 0.102. The van der Waals surface area contributed by atoms with Crippen LogP contribution in [0, 0.1) is 11.3 Å². The zero-order valence-electron chi connectivity index (χ0n) is 6.37. The van der Waals surface area contributed by atoms with Crippen molar-refractivity contribution in [2.45, 2.75) is 0 Å². The number of aromatic amines is 1. The van der Waals surface area contributed by atoms with Crippen molar-refractivity contribution in [3.63, 3.8) is 0 Å². The Kier molecular flexibility index (Phi) is 1.73. The number of hydrogen-bond donors (Lipinski definition) is 2. The molecule has 2 heterocycles. The Hall–Kier alpha value is -1.50. The number of rotatable bonds is 1. The molecule has 5 heteroatoms. The van der Waals surface area contributed by atoms with Crippen LogP contribution in [0.1, 0.15) is 16.1 Å². The van der Waals surface area contributed by atoms with Crippen molar-refractivity contribution in [1.29, 1.82) is 5.26 Å². The summed E-state index contributed by atoms with van der Waals surface area (Å²) in [6.07, 6.45) is 0. The molecule has 13 heavy (non-hydrogen) atoms. The molecule has 0 bridgehead atoms. The quantitative estimate of drug-likeness (QED) is 0.722. The molecule has 0 saturated heterocycles. The van der Waals surface area contributed by atoms with E-state index < -0.39 is 5.97 Å². The fraction of sp³-hybridized carbons (Fsp3) is 0. The fourth-order valence-electron chi connectivity index (χ4n) is 1.11. The molecule has 0 unspecified atom stereocenters. The van der Waals surface area contributed by atoms with Crippen molar-refractivity contribution in [3.8, 4) is 6.07 Å². The molecule has 4 nitrogen and oxygen atoms in total. The van der Waals surface area contributed by atoms with Gasteiger partial charge in [-0.25, -0.2) is 0 Å². The van der Waals surface area contributed by atoms with E-state index in [1.54, 1.807) is 6.07 Å². The number of hydrogen-bond acceptors (Lipinski definition) is 2. The predicted molar refractivity (Wildman–Crippen MR) is 46.9 cm³/mol. The number of nitrogens with zero attached hydrogens (tertiary/aromatic N) is 1. The molecule has 64 valence electrons. The molecule has 2 aromatic rings. The average molecular weight is 239 g/mol. The molecular weight excluding hydrogens is 235 g/mol. The first-order valence-corrected chi connectivity index (χ1v) is 5.30. The molecule has 0 radical (unpaired) electrons. The van der Waals surface area contributed by atoms with Gasteiger partial charge >= 0.3 is 78.7 Å². The van der Waals surface area contributed by atoms with E-state index in [0.29, 0.717) is 11.1 Å². The van der Waals surface area contributed by atoms with Crippen molar-refractivity contribution < 1.29 is 9.90 Å². The molecule has 0 amide bonds. The first-order chi connectivity index (χ1) is 6.22. The summed E-state index contributed by atoms with van der Waals surface area (Å²) >= 11 is 0.102. The second-order valence-corrected chi connectivity index (χ2v) is 4.40. The summed E-state index contributed by atoms with van der Waals surface area (Å²) in [4.78, 5) is 15.1. The van der Waals surface area contributed by atoms with E-state index in [0.717, 1.165) is 4.26 Å². The number of carboxylic acids is 1. The van der Waals surface area contributed by atoms with E-state index in [-0.39, 0.29) is 20.2 Å². The monoisotopic (exact) mass is 240 g/mol.